The minimum Gasteiger partial charge on any atom is -0.481 e. The Kier molecular flexibility index (Phi) is 7.43. The molecule has 6 nitrogen and oxygen atoms in total. The van der Waals surface area contributed by atoms with Crippen LogP contribution in [-0.4, -0.2) is 61.3 Å². The summed E-state index contributed by atoms with van der Waals surface area (Å²) in [6, 6.07) is 0.0848. The number of amides is 1. The summed E-state index contributed by atoms with van der Waals surface area (Å²) in [5, 5.41) is 11.8. The van der Waals surface area contributed by atoms with Crippen LogP contribution >= 0.6 is 0 Å². The summed E-state index contributed by atoms with van der Waals surface area (Å²) < 4.78 is 4.90. The highest BCUT2D eigenvalue weighted by Crippen LogP contribution is 2.20. The van der Waals surface area contributed by atoms with E-state index in [0.717, 1.165) is 25.8 Å². The van der Waals surface area contributed by atoms with Crippen LogP contribution in [0.5, 0.6) is 0 Å². The number of carbonyl (C=O) groups excluding carboxylic acids is 1. The first-order chi connectivity index (χ1) is 9.15. The zero-order valence-electron chi connectivity index (χ0n) is 11.6. The Balaban J connectivity index is 2.37. The van der Waals surface area contributed by atoms with E-state index >= 15 is 0 Å². The zero-order chi connectivity index (χ0) is 14.1. The maximum absolute atomic E-state index is 12.1. The van der Waals surface area contributed by atoms with Crippen molar-refractivity contribution < 1.29 is 19.4 Å². The molecule has 0 aromatic heterocycles. The summed E-state index contributed by atoms with van der Waals surface area (Å²) in [4.78, 5) is 24.6. The Morgan fingerprint density at radius 2 is 2.21 bits per heavy atom. The number of ether oxygens (including phenoxy) is 1. The van der Waals surface area contributed by atoms with Gasteiger partial charge in [0, 0.05) is 32.7 Å². The molecule has 0 aliphatic carbocycles. The second kappa shape index (κ2) is 8.87. The second-order valence-electron chi connectivity index (χ2n) is 4.84. The van der Waals surface area contributed by atoms with E-state index in [1.165, 1.54) is 0 Å². The van der Waals surface area contributed by atoms with Crippen molar-refractivity contribution in [1.82, 2.24) is 10.2 Å². The number of aliphatic carboxylic acids is 1. The first-order valence-electron chi connectivity index (χ1n) is 6.86. The molecular formula is C13H24N2O4. The van der Waals surface area contributed by atoms with Gasteiger partial charge in [0.2, 0.25) is 5.91 Å². The van der Waals surface area contributed by atoms with Gasteiger partial charge in [-0.15, -0.1) is 0 Å². The minimum absolute atomic E-state index is 0.0613. The predicted octanol–water partition coefficient (Wildman–Crippen LogP) is 0.468. The topological polar surface area (TPSA) is 78.9 Å². The van der Waals surface area contributed by atoms with Crippen LogP contribution in [0.1, 0.15) is 32.1 Å². The highest BCUT2D eigenvalue weighted by molar-refractivity contribution is 5.78. The highest BCUT2D eigenvalue weighted by atomic mass is 16.5. The average molecular weight is 272 g/mol. The molecule has 0 aromatic rings. The van der Waals surface area contributed by atoms with Crippen molar-refractivity contribution in [1.29, 1.82) is 0 Å². The Morgan fingerprint density at radius 3 is 2.89 bits per heavy atom. The van der Waals surface area contributed by atoms with Crippen molar-refractivity contribution >= 4 is 11.9 Å². The molecule has 6 heteroatoms. The summed E-state index contributed by atoms with van der Waals surface area (Å²) in [5.41, 5.74) is 0. The van der Waals surface area contributed by atoms with Crippen molar-refractivity contribution in [2.24, 2.45) is 0 Å². The number of nitrogens with one attached hydrogen (secondary N) is 1. The third-order valence-electron chi connectivity index (χ3n) is 3.40. The van der Waals surface area contributed by atoms with Crippen LogP contribution in [0.2, 0.25) is 0 Å². The summed E-state index contributed by atoms with van der Waals surface area (Å²) in [7, 11) is 1.62. The van der Waals surface area contributed by atoms with Gasteiger partial charge in [-0.25, -0.2) is 0 Å². The molecule has 1 rings (SSSR count). The van der Waals surface area contributed by atoms with Crippen molar-refractivity contribution in [2.45, 2.75) is 38.1 Å². The molecule has 0 spiro atoms. The lowest BCUT2D eigenvalue weighted by atomic mass is 9.98. The fourth-order valence-corrected chi connectivity index (χ4v) is 2.39. The van der Waals surface area contributed by atoms with Gasteiger partial charge in [0.15, 0.2) is 0 Å². The molecule has 1 aliphatic rings. The largest absolute Gasteiger partial charge is 0.481 e. The lowest BCUT2D eigenvalue weighted by molar-refractivity contribution is -0.139. The molecule has 19 heavy (non-hydrogen) atoms. The van der Waals surface area contributed by atoms with Crippen LogP contribution in [0.3, 0.4) is 0 Å². The van der Waals surface area contributed by atoms with E-state index in [4.69, 9.17) is 9.84 Å². The Labute approximate surface area is 114 Å². The fourth-order valence-electron chi connectivity index (χ4n) is 2.39. The quantitative estimate of drug-likeness (QED) is 0.628. The summed E-state index contributed by atoms with van der Waals surface area (Å²) in [5.74, 6) is -0.734. The third-order valence-corrected chi connectivity index (χ3v) is 3.40. The molecule has 1 aliphatic heterocycles. The lowest BCUT2D eigenvalue weighted by Gasteiger charge is -2.35. The van der Waals surface area contributed by atoms with Crippen LogP contribution in [0.25, 0.3) is 0 Å². The summed E-state index contributed by atoms with van der Waals surface area (Å²) in [6.07, 6.45) is 3.68. The van der Waals surface area contributed by atoms with E-state index in [0.29, 0.717) is 26.1 Å². The van der Waals surface area contributed by atoms with Crippen molar-refractivity contribution in [3.05, 3.63) is 0 Å². The van der Waals surface area contributed by atoms with Gasteiger partial charge >= 0.3 is 5.97 Å². The number of hydrogen-bond acceptors (Lipinski definition) is 4. The predicted molar refractivity (Wildman–Crippen MR) is 71.0 cm³/mol. The normalized spacial score (nSPS) is 19.4. The van der Waals surface area contributed by atoms with Gasteiger partial charge in [0.05, 0.1) is 13.2 Å². The molecule has 0 aromatic carbocycles. The number of likely N-dealkylation sites (tertiary alicyclic amines) is 1. The van der Waals surface area contributed by atoms with Crippen molar-refractivity contribution in [3.63, 3.8) is 0 Å². The molecule has 1 fully saturated rings. The molecule has 1 unspecified atom stereocenters. The maximum Gasteiger partial charge on any atom is 0.303 e. The Morgan fingerprint density at radius 1 is 1.42 bits per heavy atom. The van der Waals surface area contributed by atoms with Gasteiger partial charge in [0.25, 0.3) is 0 Å². The standard InChI is InChI=1S/C13H24N2O4/c1-19-9-7-14-10-12(16)15-8-3-2-4-11(15)5-6-13(17)18/h11,14H,2-10H2,1H3,(H,17,18). The fraction of sp³-hybridized carbons (Fsp3) is 0.846. The van der Waals surface area contributed by atoms with E-state index in [9.17, 15) is 9.59 Å². The second-order valence-corrected chi connectivity index (χ2v) is 4.84. The average Bonchev–Trinajstić information content (AvgIpc) is 2.41. The van der Waals surface area contributed by atoms with Crippen molar-refractivity contribution in [3.8, 4) is 0 Å². The zero-order valence-corrected chi connectivity index (χ0v) is 11.6. The van der Waals surface area contributed by atoms with Gasteiger partial charge in [-0.2, -0.15) is 0 Å². The number of hydrogen-bond donors (Lipinski definition) is 2. The van der Waals surface area contributed by atoms with Crippen LogP contribution < -0.4 is 5.32 Å². The minimum atomic E-state index is -0.795. The SMILES string of the molecule is COCCNCC(=O)N1CCCCC1CCC(=O)O. The van der Waals surface area contributed by atoms with Gasteiger partial charge in [-0.3, -0.25) is 9.59 Å². The van der Waals surface area contributed by atoms with E-state index in [2.05, 4.69) is 5.32 Å². The lowest BCUT2D eigenvalue weighted by Crippen LogP contribution is -2.47. The number of rotatable bonds is 8. The molecule has 0 saturated carbocycles. The summed E-state index contributed by atoms with van der Waals surface area (Å²) in [6.45, 7) is 2.27. The molecule has 1 heterocycles. The van der Waals surface area contributed by atoms with E-state index in [1.807, 2.05) is 4.90 Å². The van der Waals surface area contributed by atoms with Gasteiger partial charge in [-0.1, -0.05) is 0 Å². The molecule has 1 saturated heterocycles. The monoisotopic (exact) mass is 272 g/mol. The van der Waals surface area contributed by atoms with E-state index in [1.54, 1.807) is 7.11 Å². The summed E-state index contributed by atoms with van der Waals surface area (Å²) >= 11 is 0. The van der Waals surface area contributed by atoms with Crippen LogP contribution in [0, 0.1) is 0 Å². The number of methoxy groups -OCH3 is 1. The van der Waals surface area contributed by atoms with E-state index < -0.39 is 5.97 Å². The third kappa shape index (κ3) is 6.02. The molecule has 0 radical (unpaired) electrons. The Hall–Kier alpha value is -1.14. The number of carboxylic acids is 1. The van der Waals surface area contributed by atoms with Crippen molar-refractivity contribution in [2.75, 3.05) is 33.4 Å². The van der Waals surface area contributed by atoms with Crippen LogP contribution in [0.4, 0.5) is 0 Å². The molecular weight excluding hydrogens is 248 g/mol. The molecule has 110 valence electrons. The van der Waals surface area contributed by atoms with E-state index in [-0.39, 0.29) is 18.4 Å². The molecule has 1 atom stereocenters. The first kappa shape index (κ1) is 15.9. The van der Waals surface area contributed by atoms with Crippen LogP contribution in [0.15, 0.2) is 0 Å². The van der Waals surface area contributed by atoms with Gasteiger partial charge < -0.3 is 20.1 Å². The number of carbonyl (C=O) groups is 2. The Bertz CT molecular complexity index is 296. The number of carboxylic acid groups (broad SMARTS) is 1. The molecule has 0 bridgehead atoms. The molecule has 1 amide bonds. The highest BCUT2D eigenvalue weighted by Gasteiger charge is 2.26. The van der Waals surface area contributed by atoms with Gasteiger partial charge in [-0.05, 0) is 25.7 Å². The van der Waals surface area contributed by atoms with Gasteiger partial charge in [0.1, 0.15) is 0 Å². The van der Waals surface area contributed by atoms with Crippen LogP contribution in [-0.2, 0) is 14.3 Å². The first-order valence-corrected chi connectivity index (χ1v) is 6.86. The molecule has 2 N–H and O–H groups in total. The maximum atomic E-state index is 12.1. The number of nitrogens with zero attached hydrogens (tertiary/aromatic N) is 1. The smallest absolute Gasteiger partial charge is 0.303 e. The number of piperidine rings is 1.